The Morgan fingerprint density at radius 1 is 0.857 bits per heavy atom. The van der Waals surface area contributed by atoms with Crippen LogP contribution in [0, 0.1) is 32.1 Å². The number of nitrogens with zero attached hydrogens (tertiary/aromatic N) is 2. The van der Waals surface area contributed by atoms with Gasteiger partial charge < -0.3 is 16.7 Å². The summed E-state index contributed by atoms with van der Waals surface area (Å²) in [6, 6.07) is 7.00. The first-order valence-electron chi connectivity index (χ1n) is 10.7. The molecular weight excluding hydrogens is 394 g/mol. The fraction of sp³-hybridized carbons (Fsp3) is 0.720. The monoisotopic (exact) mass is 439 g/mol. The summed E-state index contributed by atoms with van der Waals surface area (Å²) in [5.74, 6) is 0.934. The molecule has 2 nitrogen and oxygen atoms in total. The van der Waals surface area contributed by atoms with Crippen LogP contribution in [-0.4, -0.2) is 51.1 Å². The van der Waals surface area contributed by atoms with E-state index in [0.29, 0.717) is 5.41 Å². The molecule has 0 amide bonds. The van der Waals surface area contributed by atoms with Gasteiger partial charge in [0.15, 0.2) is 0 Å². The van der Waals surface area contributed by atoms with Gasteiger partial charge in [-0.3, -0.25) is 0 Å². The molecule has 0 saturated heterocycles. The maximum Gasteiger partial charge on any atom is 2.00 e. The molecule has 0 N–H and O–H groups in total. The molecule has 0 unspecified atom stereocenters. The van der Waals surface area contributed by atoms with Crippen molar-refractivity contribution in [2.24, 2.45) is 11.3 Å². The number of likely N-dealkylation sites (N-methyl/N-ethyl adjacent to an activating group) is 2. The Labute approximate surface area is 190 Å². The van der Waals surface area contributed by atoms with E-state index >= 15 is 0 Å². The molecule has 0 aromatic heterocycles. The quantitative estimate of drug-likeness (QED) is 0.394. The predicted octanol–water partition coefficient (Wildman–Crippen LogP) is 6.01. The van der Waals surface area contributed by atoms with Crippen LogP contribution in [0.5, 0.6) is 0 Å². The van der Waals surface area contributed by atoms with Crippen molar-refractivity contribution < 1.29 is 19.5 Å². The van der Waals surface area contributed by atoms with Crippen molar-refractivity contribution in [3.8, 4) is 0 Å². The summed E-state index contributed by atoms with van der Waals surface area (Å²) in [7, 11) is 8.35. The molecule has 0 bridgehead atoms. The number of hydrogen-bond acceptors (Lipinski definition) is 2. The van der Waals surface area contributed by atoms with Crippen molar-refractivity contribution in [3.63, 3.8) is 0 Å². The Kier molecular flexibility index (Phi) is 16.7. The molecule has 1 aromatic carbocycles. The van der Waals surface area contributed by atoms with Crippen LogP contribution in [0.25, 0.3) is 0 Å². The summed E-state index contributed by atoms with van der Waals surface area (Å²) in [5, 5.41) is 0. The third-order valence-electron chi connectivity index (χ3n) is 5.40. The standard InChI is InChI=1S/C17H26.C6H16N2.C2H5.Zn/c1-13-9-14(2)11-15(10-13)12-17(3,4)16-7-5-6-8-16;1-7(2)5-6-8(3)4;1-2;/h9-11,16H,5-8,12H2,1-4H3;5-6H2,1-4H3;1H2,2H3;/q;;-1;+2. The normalized spacial score (nSPS) is 14.1. The van der Waals surface area contributed by atoms with Crippen LogP contribution in [0.1, 0.15) is 63.1 Å². The second-order valence-corrected chi connectivity index (χ2v) is 9.25. The Bertz CT molecular complexity index is 475. The minimum absolute atomic E-state index is 0. The van der Waals surface area contributed by atoms with Gasteiger partial charge in [-0.15, -0.1) is 0 Å². The van der Waals surface area contributed by atoms with E-state index in [9.17, 15) is 0 Å². The topological polar surface area (TPSA) is 6.48 Å². The minimum Gasteiger partial charge on any atom is -0.346 e. The first-order valence-corrected chi connectivity index (χ1v) is 10.7. The SMILES string of the molecule is CN(C)CCN(C)C.Cc1cc(C)cc(CC(C)(C)C2CCCC2)c1.[CH2-]C.[Zn+2]. The van der Waals surface area contributed by atoms with Crippen LogP contribution in [0.4, 0.5) is 0 Å². The third-order valence-corrected chi connectivity index (χ3v) is 5.40. The smallest absolute Gasteiger partial charge is 0.346 e. The van der Waals surface area contributed by atoms with E-state index < -0.39 is 0 Å². The van der Waals surface area contributed by atoms with E-state index in [-0.39, 0.29) is 19.5 Å². The maximum absolute atomic E-state index is 3.25. The molecule has 3 heteroatoms. The van der Waals surface area contributed by atoms with Crippen LogP contribution in [0.3, 0.4) is 0 Å². The first-order chi connectivity index (χ1) is 12.6. The molecule has 2 rings (SSSR count). The van der Waals surface area contributed by atoms with Gasteiger partial charge in [-0.25, -0.2) is 0 Å². The average Bonchev–Trinajstić information content (AvgIpc) is 3.09. The number of hydrogen-bond donors (Lipinski definition) is 0. The van der Waals surface area contributed by atoms with Gasteiger partial charge in [-0.05, 0) is 78.2 Å². The van der Waals surface area contributed by atoms with Gasteiger partial charge >= 0.3 is 19.5 Å². The first kappa shape index (κ1) is 30.0. The van der Waals surface area contributed by atoms with E-state index in [0.717, 1.165) is 19.0 Å². The van der Waals surface area contributed by atoms with Crippen LogP contribution in [0.15, 0.2) is 18.2 Å². The molecule has 1 fully saturated rings. The number of aryl methyl sites for hydroxylation is 2. The summed E-state index contributed by atoms with van der Waals surface area (Å²) in [6.45, 7) is 16.6. The summed E-state index contributed by atoms with van der Waals surface area (Å²) >= 11 is 0. The van der Waals surface area contributed by atoms with E-state index in [1.165, 1.54) is 48.8 Å². The van der Waals surface area contributed by atoms with Crippen molar-refractivity contribution in [1.82, 2.24) is 9.80 Å². The van der Waals surface area contributed by atoms with Crippen LogP contribution in [-0.2, 0) is 25.9 Å². The van der Waals surface area contributed by atoms with Gasteiger partial charge in [-0.2, -0.15) is 6.92 Å². The summed E-state index contributed by atoms with van der Waals surface area (Å²) in [4.78, 5) is 4.36. The molecule has 28 heavy (non-hydrogen) atoms. The van der Waals surface area contributed by atoms with Gasteiger partial charge in [0, 0.05) is 13.1 Å². The molecule has 0 atom stereocenters. The van der Waals surface area contributed by atoms with E-state index in [4.69, 9.17) is 0 Å². The second-order valence-electron chi connectivity index (χ2n) is 9.25. The molecule has 0 heterocycles. The zero-order valence-electron chi connectivity index (χ0n) is 20.6. The van der Waals surface area contributed by atoms with Crippen LogP contribution >= 0.6 is 0 Å². The molecule has 1 aliphatic rings. The van der Waals surface area contributed by atoms with E-state index in [1.54, 1.807) is 6.92 Å². The molecule has 1 aliphatic carbocycles. The molecule has 1 saturated carbocycles. The average molecular weight is 441 g/mol. The Balaban J connectivity index is 0. The van der Waals surface area contributed by atoms with Gasteiger partial charge in [0.25, 0.3) is 0 Å². The maximum atomic E-state index is 3.25. The van der Waals surface area contributed by atoms with Crippen molar-refractivity contribution in [2.75, 3.05) is 41.3 Å². The Morgan fingerprint density at radius 2 is 1.25 bits per heavy atom. The molecular formula is C25H47N2Zn+. The van der Waals surface area contributed by atoms with Gasteiger partial charge in [0.05, 0.1) is 0 Å². The van der Waals surface area contributed by atoms with Crippen LogP contribution in [0.2, 0.25) is 0 Å². The summed E-state index contributed by atoms with van der Waals surface area (Å²) in [5.41, 5.74) is 4.81. The second kappa shape index (κ2) is 15.6. The predicted molar refractivity (Wildman–Crippen MR) is 123 cm³/mol. The van der Waals surface area contributed by atoms with Crippen molar-refractivity contribution in [3.05, 3.63) is 41.8 Å². The molecule has 1 aromatic rings. The molecule has 0 spiro atoms. The largest absolute Gasteiger partial charge is 2.00 e. The third kappa shape index (κ3) is 13.1. The number of rotatable bonds is 6. The number of benzene rings is 1. The van der Waals surface area contributed by atoms with Crippen molar-refractivity contribution >= 4 is 0 Å². The fourth-order valence-corrected chi connectivity index (χ4v) is 3.95. The van der Waals surface area contributed by atoms with Gasteiger partial charge in [-0.1, -0.05) is 56.0 Å². The van der Waals surface area contributed by atoms with Crippen molar-refractivity contribution in [2.45, 2.75) is 66.7 Å². The van der Waals surface area contributed by atoms with Crippen molar-refractivity contribution in [1.29, 1.82) is 0 Å². The van der Waals surface area contributed by atoms with Gasteiger partial charge in [0.2, 0.25) is 0 Å². The van der Waals surface area contributed by atoms with E-state index in [1.807, 2.05) is 0 Å². The Hall–Kier alpha value is -0.237. The van der Waals surface area contributed by atoms with Crippen LogP contribution < -0.4 is 0 Å². The van der Waals surface area contributed by atoms with E-state index in [2.05, 4.69) is 90.8 Å². The summed E-state index contributed by atoms with van der Waals surface area (Å²) < 4.78 is 0. The molecule has 158 valence electrons. The Morgan fingerprint density at radius 3 is 1.61 bits per heavy atom. The molecule has 0 aliphatic heterocycles. The zero-order chi connectivity index (χ0) is 21.0. The fourth-order valence-electron chi connectivity index (χ4n) is 3.95. The summed E-state index contributed by atoms with van der Waals surface area (Å²) in [6.07, 6.45) is 7.01. The minimum atomic E-state index is 0. The molecule has 0 radical (unpaired) electrons. The van der Waals surface area contributed by atoms with Gasteiger partial charge in [0.1, 0.15) is 0 Å². The zero-order valence-corrected chi connectivity index (χ0v) is 23.5.